The van der Waals surface area contributed by atoms with Gasteiger partial charge in [0, 0.05) is 23.3 Å². The van der Waals surface area contributed by atoms with Crippen molar-refractivity contribution in [2.75, 3.05) is 13.2 Å². The minimum absolute atomic E-state index is 0.249. The fraction of sp³-hybridized carbons (Fsp3) is 0.348. The molecule has 0 radical (unpaired) electrons. The van der Waals surface area contributed by atoms with Gasteiger partial charge in [0.2, 0.25) is 5.52 Å². The normalized spacial score (nSPS) is 11.1. The monoisotopic (exact) mass is 380 g/mol. The van der Waals surface area contributed by atoms with Crippen molar-refractivity contribution in [3.8, 4) is 0 Å². The number of carbonyl (C=O) groups is 2. The van der Waals surface area contributed by atoms with Crippen LogP contribution in [0.15, 0.2) is 54.7 Å². The Labute approximate surface area is 164 Å². The number of ether oxygens (including phenoxy) is 2. The molecule has 2 aromatic carbocycles. The minimum Gasteiger partial charge on any atom is -0.465 e. The van der Waals surface area contributed by atoms with Gasteiger partial charge in [0.05, 0.1) is 18.6 Å². The lowest BCUT2D eigenvalue weighted by molar-refractivity contribution is -0.670. The van der Waals surface area contributed by atoms with E-state index in [2.05, 4.69) is 35.0 Å². The van der Waals surface area contributed by atoms with Gasteiger partial charge in [0.15, 0.2) is 12.1 Å². The molecule has 1 aromatic heterocycles. The number of aromatic nitrogens is 1. The number of carbonyl (C=O) groups excluding carboxylic acids is 2. The zero-order chi connectivity index (χ0) is 19.9. The maximum absolute atomic E-state index is 12.2. The molecule has 0 spiro atoms. The van der Waals surface area contributed by atoms with Crippen LogP contribution >= 0.6 is 0 Å². The van der Waals surface area contributed by atoms with Crippen molar-refractivity contribution in [2.24, 2.45) is 5.92 Å². The van der Waals surface area contributed by atoms with Crippen LogP contribution in [-0.2, 0) is 25.6 Å². The second-order valence-corrected chi connectivity index (χ2v) is 6.63. The second kappa shape index (κ2) is 9.31. The van der Waals surface area contributed by atoms with Gasteiger partial charge in [-0.25, -0.2) is 0 Å². The van der Waals surface area contributed by atoms with E-state index in [1.54, 1.807) is 13.8 Å². The summed E-state index contributed by atoms with van der Waals surface area (Å²) in [5.41, 5.74) is 1.13. The van der Waals surface area contributed by atoms with Gasteiger partial charge in [-0.3, -0.25) is 9.59 Å². The number of fused-ring (bicyclic) bond motifs is 3. The maximum Gasteiger partial charge on any atom is 0.320 e. The molecule has 0 amide bonds. The Bertz CT molecular complexity index is 965. The van der Waals surface area contributed by atoms with E-state index in [1.807, 2.05) is 24.3 Å². The number of pyridine rings is 1. The van der Waals surface area contributed by atoms with Crippen molar-refractivity contribution in [1.82, 2.24) is 0 Å². The highest BCUT2D eigenvalue weighted by Gasteiger charge is 2.29. The summed E-state index contributed by atoms with van der Waals surface area (Å²) in [5, 5.41) is 3.56. The number of esters is 2. The molecule has 0 bridgehead atoms. The lowest BCUT2D eigenvalue weighted by atomic mass is 10.0. The summed E-state index contributed by atoms with van der Waals surface area (Å²) in [6.07, 6.45) is 3.18. The van der Waals surface area contributed by atoms with Crippen molar-refractivity contribution < 1.29 is 23.6 Å². The van der Waals surface area contributed by atoms with Gasteiger partial charge in [-0.1, -0.05) is 30.3 Å². The van der Waals surface area contributed by atoms with Gasteiger partial charge in [-0.15, -0.1) is 0 Å². The standard InChI is InChI=1S/C23H26NO4/c1-3-27-22(25)20(23(26)28-4-2)13-9-15-24-16-17-10-5-6-11-18(17)19-12-7-8-14-21(19)24/h5-8,10-12,14,16,20H,3-4,9,13,15H2,1-2H3/q+1. The SMILES string of the molecule is CCOC(=O)C(CCC[n+]1cc2ccccc2c2ccccc21)C(=O)OCC. The summed E-state index contributed by atoms with van der Waals surface area (Å²) in [5.74, 6) is -1.88. The first-order valence-corrected chi connectivity index (χ1v) is 9.79. The van der Waals surface area contributed by atoms with Crippen molar-refractivity contribution in [3.05, 3.63) is 54.7 Å². The van der Waals surface area contributed by atoms with Gasteiger partial charge < -0.3 is 9.47 Å². The summed E-state index contributed by atoms with van der Waals surface area (Å²) < 4.78 is 12.3. The van der Waals surface area contributed by atoms with E-state index in [0.29, 0.717) is 19.4 Å². The Kier molecular flexibility index (Phi) is 6.58. The number of aryl methyl sites for hydroxylation is 1. The first-order chi connectivity index (χ1) is 13.7. The van der Waals surface area contributed by atoms with Crippen molar-refractivity contribution in [1.29, 1.82) is 0 Å². The van der Waals surface area contributed by atoms with Crippen LogP contribution in [0, 0.1) is 5.92 Å². The van der Waals surface area contributed by atoms with Crippen molar-refractivity contribution in [2.45, 2.75) is 33.2 Å². The van der Waals surface area contributed by atoms with E-state index < -0.39 is 17.9 Å². The van der Waals surface area contributed by atoms with Crippen LogP contribution in [0.4, 0.5) is 0 Å². The summed E-state index contributed by atoms with van der Waals surface area (Å²) in [4.78, 5) is 24.3. The highest BCUT2D eigenvalue weighted by Crippen LogP contribution is 2.22. The van der Waals surface area contributed by atoms with Gasteiger partial charge in [-0.2, -0.15) is 4.57 Å². The molecule has 0 saturated carbocycles. The Morgan fingerprint density at radius 1 is 0.893 bits per heavy atom. The third-order valence-electron chi connectivity index (χ3n) is 4.79. The van der Waals surface area contributed by atoms with Crippen LogP contribution < -0.4 is 4.57 Å². The summed E-state index contributed by atoms with van der Waals surface area (Å²) in [6.45, 7) is 4.66. The van der Waals surface area contributed by atoms with Crippen LogP contribution in [0.5, 0.6) is 0 Å². The van der Waals surface area contributed by atoms with E-state index >= 15 is 0 Å². The van der Waals surface area contributed by atoms with Gasteiger partial charge in [0.1, 0.15) is 6.54 Å². The average Bonchev–Trinajstić information content (AvgIpc) is 2.71. The quantitative estimate of drug-likeness (QED) is 0.258. The number of hydrogen-bond donors (Lipinski definition) is 0. The van der Waals surface area contributed by atoms with E-state index in [0.717, 1.165) is 10.9 Å². The molecule has 3 aromatic rings. The van der Waals surface area contributed by atoms with Crippen molar-refractivity contribution >= 4 is 33.6 Å². The Hall–Kier alpha value is -2.95. The first-order valence-electron chi connectivity index (χ1n) is 9.79. The van der Waals surface area contributed by atoms with Gasteiger partial charge in [-0.05, 0) is 32.4 Å². The lowest BCUT2D eigenvalue weighted by Crippen LogP contribution is -2.35. The van der Waals surface area contributed by atoms with Gasteiger partial charge >= 0.3 is 11.9 Å². The largest absolute Gasteiger partial charge is 0.465 e. The maximum atomic E-state index is 12.2. The zero-order valence-corrected chi connectivity index (χ0v) is 16.4. The molecule has 28 heavy (non-hydrogen) atoms. The molecule has 0 unspecified atom stereocenters. The fourth-order valence-corrected chi connectivity index (χ4v) is 3.51. The number of nitrogens with zero attached hydrogens (tertiary/aromatic N) is 1. The predicted octanol–water partition coefficient (Wildman–Crippen LogP) is 3.80. The fourth-order valence-electron chi connectivity index (χ4n) is 3.51. The molecule has 0 fully saturated rings. The Morgan fingerprint density at radius 3 is 2.18 bits per heavy atom. The lowest BCUT2D eigenvalue weighted by Gasteiger charge is -2.13. The molecule has 5 heteroatoms. The zero-order valence-electron chi connectivity index (χ0n) is 16.4. The third-order valence-corrected chi connectivity index (χ3v) is 4.79. The smallest absolute Gasteiger partial charge is 0.320 e. The number of rotatable bonds is 8. The van der Waals surface area contributed by atoms with Crippen LogP contribution in [0.25, 0.3) is 21.7 Å². The molecular weight excluding hydrogens is 354 g/mol. The molecule has 5 nitrogen and oxygen atoms in total. The summed E-state index contributed by atoms with van der Waals surface area (Å²) in [6, 6.07) is 16.6. The molecule has 146 valence electrons. The highest BCUT2D eigenvalue weighted by atomic mass is 16.6. The molecular formula is C23H26NO4+. The molecule has 0 aliphatic rings. The van der Waals surface area contributed by atoms with E-state index in [4.69, 9.17) is 9.47 Å². The topological polar surface area (TPSA) is 56.5 Å². The molecule has 3 rings (SSSR count). The number of para-hydroxylation sites is 1. The van der Waals surface area contributed by atoms with Crippen LogP contribution in [-0.4, -0.2) is 25.2 Å². The first kappa shape index (κ1) is 19.8. The minimum atomic E-state index is -0.868. The Morgan fingerprint density at radius 2 is 1.50 bits per heavy atom. The van der Waals surface area contributed by atoms with Gasteiger partial charge in [0.25, 0.3) is 0 Å². The predicted molar refractivity (Wildman–Crippen MR) is 108 cm³/mol. The van der Waals surface area contributed by atoms with Crippen LogP contribution in [0.1, 0.15) is 26.7 Å². The number of benzene rings is 2. The second-order valence-electron chi connectivity index (χ2n) is 6.63. The summed E-state index contributed by atoms with van der Waals surface area (Å²) in [7, 11) is 0. The molecule has 0 atom stereocenters. The highest BCUT2D eigenvalue weighted by molar-refractivity contribution is 6.03. The Balaban J connectivity index is 1.81. The number of hydrogen-bond acceptors (Lipinski definition) is 4. The molecule has 0 aliphatic heterocycles. The molecule has 0 N–H and O–H groups in total. The molecule has 0 saturated heterocycles. The summed E-state index contributed by atoms with van der Waals surface area (Å²) >= 11 is 0. The van der Waals surface area contributed by atoms with Crippen LogP contribution in [0.2, 0.25) is 0 Å². The van der Waals surface area contributed by atoms with E-state index in [1.165, 1.54) is 10.8 Å². The molecule has 1 heterocycles. The van der Waals surface area contributed by atoms with E-state index in [9.17, 15) is 9.59 Å². The van der Waals surface area contributed by atoms with Crippen LogP contribution in [0.3, 0.4) is 0 Å². The van der Waals surface area contributed by atoms with E-state index in [-0.39, 0.29) is 13.2 Å². The third kappa shape index (κ3) is 4.30. The average molecular weight is 380 g/mol. The van der Waals surface area contributed by atoms with Crippen molar-refractivity contribution in [3.63, 3.8) is 0 Å². The molecule has 0 aliphatic carbocycles.